The minimum absolute atomic E-state index is 0. The van der Waals surface area contributed by atoms with Gasteiger partial charge < -0.3 is 10.6 Å². The molecule has 3 rings (SSSR count). The van der Waals surface area contributed by atoms with Crippen molar-refractivity contribution in [3.05, 3.63) is 65.7 Å². The second kappa shape index (κ2) is 10.5. The van der Waals surface area contributed by atoms with Crippen molar-refractivity contribution in [2.45, 2.75) is 23.5 Å². The summed E-state index contributed by atoms with van der Waals surface area (Å²) in [6.45, 7) is 2.88. The van der Waals surface area contributed by atoms with Gasteiger partial charge in [-0.1, -0.05) is 30.3 Å². The fourth-order valence-electron chi connectivity index (χ4n) is 2.87. The molecule has 0 aliphatic carbocycles. The first kappa shape index (κ1) is 19.8. The largest absolute Gasteiger partial charge is 0.352 e. The van der Waals surface area contributed by atoms with Crippen LogP contribution in [-0.4, -0.2) is 25.5 Å². The Balaban J connectivity index is 0.00000225. The molecule has 0 aromatic heterocycles. The first-order valence-electron chi connectivity index (χ1n) is 8.57. The molecule has 1 amide bonds. The Labute approximate surface area is 160 Å². The van der Waals surface area contributed by atoms with Crippen molar-refractivity contribution in [3.63, 3.8) is 0 Å². The summed E-state index contributed by atoms with van der Waals surface area (Å²) >= 11 is 1.81. The predicted octanol–water partition coefficient (Wildman–Crippen LogP) is 4.13. The lowest BCUT2D eigenvalue weighted by atomic mass is 9.99. The molecule has 1 unspecified atom stereocenters. The summed E-state index contributed by atoms with van der Waals surface area (Å²) in [4.78, 5) is 13.5. The van der Waals surface area contributed by atoms with Crippen LogP contribution < -0.4 is 10.6 Å². The van der Waals surface area contributed by atoms with Crippen LogP contribution in [0.2, 0.25) is 0 Å². The molecule has 25 heavy (non-hydrogen) atoms. The van der Waals surface area contributed by atoms with E-state index in [9.17, 15) is 4.79 Å². The van der Waals surface area contributed by atoms with Gasteiger partial charge in [0, 0.05) is 22.8 Å². The van der Waals surface area contributed by atoms with Gasteiger partial charge in [0.25, 0.3) is 5.91 Å². The lowest BCUT2D eigenvalue weighted by Crippen LogP contribution is -2.38. The zero-order valence-corrected chi connectivity index (χ0v) is 15.9. The summed E-state index contributed by atoms with van der Waals surface area (Å²) in [5.41, 5.74) is 1.98. The third kappa shape index (κ3) is 6.38. The highest BCUT2D eigenvalue weighted by atomic mass is 35.5. The monoisotopic (exact) mass is 376 g/mol. The van der Waals surface area contributed by atoms with Crippen LogP contribution >= 0.6 is 24.2 Å². The number of halogens is 1. The number of benzene rings is 2. The number of amides is 1. The van der Waals surface area contributed by atoms with Crippen molar-refractivity contribution < 1.29 is 4.79 Å². The van der Waals surface area contributed by atoms with E-state index < -0.39 is 0 Å². The van der Waals surface area contributed by atoms with Gasteiger partial charge in [0.2, 0.25) is 0 Å². The molecule has 1 heterocycles. The topological polar surface area (TPSA) is 41.1 Å². The Morgan fingerprint density at radius 2 is 1.88 bits per heavy atom. The Kier molecular flexibility index (Phi) is 8.32. The normalized spacial score (nSPS) is 16.7. The zero-order chi connectivity index (χ0) is 16.6. The fraction of sp³-hybridized carbons (Fsp3) is 0.350. The maximum absolute atomic E-state index is 12.2. The molecule has 2 aromatic carbocycles. The summed E-state index contributed by atoms with van der Waals surface area (Å²) in [6.07, 6.45) is 2.40. The highest BCUT2D eigenvalue weighted by molar-refractivity contribution is 7.98. The van der Waals surface area contributed by atoms with Crippen molar-refractivity contribution in [1.82, 2.24) is 10.6 Å². The van der Waals surface area contributed by atoms with Crippen LogP contribution in [0.15, 0.2) is 59.5 Å². The standard InChI is InChI=1S/C20H24N2OS.ClH/c23-20(22-14-17-5-4-12-21-13-17)18-10-8-16(9-11-18)15-24-19-6-2-1-3-7-19;/h1-3,6-11,17,21H,4-5,12-15H2,(H,22,23);1H. The van der Waals surface area contributed by atoms with E-state index in [-0.39, 0.29) is 18.3 Å². The minimum atomic E-state index is 0. The van der Waals surface area contributed by atoms with Gasteiger partial charge in [-0.3, -0.25) is 4.79 Å². The maximum atomic E-state index is 12.2. The van der Waals surface area contributed by atoms with Crippen LogP contribution in [0.4, 0.5) is 0 Å². The highest BCUT2D eigenvalue weighted by Gasteiger charge is 2.14. The maximum Gasteiger partial charge on any atom is 0.251 e. The van der Waals surface area contributed by atoms with Crippen molar-refractivity contribution in [2.24, 2.45) is 5.92 Å². The van der Waals surface area contributed by atoms with E-state index in [0.717, 1.165) is 31.0 Å². The molecular weight excluding hydrogens is 352 g/mol. The Bertz CT molecular complexity index is 643. The van der Waals surface area contributed by atoms with E-state index in [2.05, 4.69) is 34.9 Å². The van der Waals surface area contributed by atoms with Gasteiger partial charge in [-0.25, -0.2) is 0 Å². The third-order valence-electron chi connectivity index (χ3n) is 4.32. The number of piperidine rings is 1. The summed E-state index contributed by atoms with van der Waals surface area (Å²) < 4.78 is 0. The number of carbonyl (C=O) groups is 1. The highest BCUT2D eigenvalue weighted by Crippen LogP contribution is 2.22. The molecule has 1 atom stereocenters. The van der Waals surface area contributed by atoms with Crippen LogP contribution in [0.25, 0.3) is 0 Å². The van der Waals surface area contributed by atoms with Crippen molar-refractivity contribution in [3.8, 4) is 0 Å². The van der Waals surface area contributed by atoms with E-state index >= 15 is 0 Å². The van der Waals surface area contributed by atoms with Crippen molar-refractivity contribution in [1.29, 1.82) is 0 Å². The number of hydrogen-bond acceptors (Lipinski definition) is 3. The van der Waals surface area contributed by atoms with E-state index in [1.807, 2.05) is 42.1 Å². The lowest BCUT2D eigenvalue weighted by Gasteiger charge is -2.22. The number of rotatable bonds is 6. The van der Waals surface area contributed by atoms with E-state index in [1.165, 1.54) is 23.3 Å². The number of hydrogen-bond donors (Lipinski definition) is 2. The van der Waals surface area contributed by atoms with Crippen LogP contribution in [0, 0.1) is 5.92 Å². The van der Waals surface area contributed by atoms with Gasteiger partial charge in [0.15, 0.2) is 0 Å². The molecule has 1 aliphatic heterocycles. The molecule has 1 fully saturated rings. The molecule has 134 valence electrons. The molecule has 3 nitrogen and oxygen atoms in total. The number of carbonyl (C=O) groups excluding carboxylic acids is 1. The molecule has 0 saturated carbocycles. The number of nitrogens with one attached hydrogen (secondary N) is 2. The molecule has 2 N–H and O–H groups in total. The Morgan fingerprint density at radius 1 is 1.12 bits per heavy atom. The number of thioether (sulfide) groups is 1. The lowest BCUT2D eigenvalue weighted by molar-refractivity contribution is 0.0945. The van der Waals surface area contributed by atoms with Crippen LogP contribution in [0.3, 0.4) is 0 Å². The quantitative estimate of drug-likeness (QED) is 0.745. The molecular formula is C20H25ClN2OS. The average Bonchev–Trinajstić information content (AvgIpc) is 2.66. The van der Waals surface area contributed by atoms with Gasteiger partial charge in [-0.15, -0.1) is 24.2 Å². The summed E-state index contributed by atoms with van der Waals surface area (Å²) in [5.74, 6) is 1.51. The molecule has 0 bridgehead atoms. The minimum Gasteiger partial charge on any atom is -0.352 e. The third-order valence-corrected chi connectivity index (χ3v) is 5.40. The second-order valence-electron chi connectivity index (χ2n) is 6.22. The molecule has 0 spiro atoms. The summed E-state index contributed by atoms with van der Waals surface area (Å²) in [6, 6.07) is 18.3. The fourth-order valence-corrected chi connectivity index (χ4v) is 3.75. The predicted molar refractivity (Wildman–Crippen MR) is 108 cm³/mol. The Hall–Kier alpha value is -1.49. The van der Waals surface area contributed by atoms with Gasteiger partial charge in [-0.05, 0) is 61.7 Å². The first-order valence-corrected chi connectivity index (χ1v) is 9.55. The smallest absolute Gasteiger partial charge is 0.251 e. The van der Waals surface area contributed by atoms with Gasteiger partial charge in [0.05, 0.1) is 0 Å². The molecule has 1 aliphatic rings. The summed E-state index contributed by atoms with van der Waals surface area (Å²) in [7, 11) is 0. The van der Waals surface area contributed by atoms with E-state index in [1.54, 1.807) is 0 Å². The Morgan fingerprint density at radius 3 is 2.56 bits per heavy atom. The molecule has 1 saturated heterocycles. The van der Waals surface area contributed by atoms with Crippen molar-refractivity contribution >= 4 is 30.1 Å². The first-order chi connectivity index (χ1) is 11.8. The second-order valence-corrected chi connectivity index (χ2v) is 7.27. The average molecular weight is 377 g/mol. The van der Waals surface area contributed by atoms with Crippen LogP contribution in [0.1, 0.15) is 28.8 Å². The molecule has 0 radical (unpaired) electrons. The van der Waals surface area contributed by atoms with Crippen molar-refractivity contribution in [2.75, 3.05) is 19.6 Å². The van der Waals surface area contributed by atoms with E-state index in [4.69, 9.17) is 0 Å². The molecule has 2 aromatic rings. The van der Waals surface area contributed by atoms with Gasteiger partial charge in [-0.2, -0.15) is 0 Å². The SMILES string of the molecule is Cl.O=C(NCC1CCCNC1)c1ccc(CSc2ccccc2)cc1. The summed E-state index contributed by atoms with van der Waals surface area (Å²) in [5, 5.41) is 6.44. The van der Waals surface area contributed by atoms with E-state index in [0.29, 0.717) is 5.92 Å². The van der Waals surface area contributed by atoms with Crippen LogP contribution in [-0.2, 0) is 5.75 Å². The van der Waals surface area contributed by atoms with Gasteiger partial charge >= 0.3 is 0 Å². The molecule has 5 heteroatoms. The van der Waals surface area contributed by atoms with Gasteiger partial charge in [0.1, 0.15) is 0 Å². The zero-order valence-electron chi connectivity index (χ0n) is 14.2. The van der Waals surface area contributed by atoms with Crippen LogP contribution in [0.5, 0.6) is 0 Å².